The van der Waals surface area contributed by atoms with E-state index < -0.39 is 0 Å². The molecule has 1 aromatic heterocycles. The highest BCUT2D eigenvalue weighted by molar-refractivity contribution is 5.77. The molecule has 0 aliphatic rings. The maximum absolute atomic E-state index is 13.1. The number of carbonyl (C=O) groups excluding carboxylic acids is 1. The van der Waals surface area contributed by atoms with Gasteiger partial charge in [0.05, 0.1) is 12.2 Å². The molecule has 3 aromatic rings. The van der Waals surface area contributed by atoms with Crippen LogP contribution in [0.1, 0.15) is 25.3 Å². The number of nitrogens with zero attached hydrogens (tertiary/aromatic N) is 2. The Kier molecular flexibility index (Phi) is 6.95. The van der Waals surface area contributed by atoms with Gasteiger partial charge in [-0.05, 0) is 47.9 Å². The molecule has 1 heterocycles. The number of amides is 1. The fraction of sp³-hybridized carbons (Fsp3) is 0.261. The maximum Gasteiger partial charge on any atom is 0.266 e. The summed E-state index contributed by atoms with van der Waals surface area (Å²) in [7, 11) is 0. The molecule has 0 aliphatic carbocycles. The smallest absolute Gasteiger partial charge is 0.266 e. The average Bonchev–Trinajstić information content (AvgIpc) is 2.74. The van der Waals surface area contributed by atoms with E-state index in [0.717, 1.165) is 5.56 Å². The van der Waals surface area contributed by atoms with Crippen LogP contribution in [0.2, 0.25) is 0 Å². The standard InChI is InChI=1S/C23H24FN3O3/c1-16(2)19-5-3-4-6-21(19)30-15-22(28)25-13-14-27-23(29)12-11-20(26-27)17-7-9-18(24)10-8-17/h3-12,16H,13-15H2,1-2H3,(H,25,28). The number of ether oxygens (including phenoxy) is 1. The maximum atomic E-state index is 13.1. The van der Waals surface area contributed by atoms with Gasteiger partial charge in [-0.25, -0.2) is 9.07 Å². The Morgan fingerprint density at radius 2 is 1.83 bits per heavy atom. The Morgan fingerprint density at radius 1 is 1.10 bits per heavy atom. The van der Waals surface area contributed by atoms with Gasteiger partial charge in [0.25, 0.3) is 11.5 Å². The van der Waals surface area contributed by atoms with Gasteiger partial charge in [0.2, 0.25) is 0 Å². The summed E-state index contributed by atoms with van der Waals surface area (Å²) in [5, 5.41) is 7.02. The predicted molar refractivity (Wildman–Crippen MR) is 113 cm³/mol. The first-order valence-electron chi connectivity index (χ1n) is 9.76. The molecule has 0 aliphatic heterocycles. The summed E-state index contributed by atoms with van der Waals surface area (Å²) in [6, 6.07) is 16.5. The molecule has 0 saturated heterocycles. The lowest BCUT2D eigenvalue weighted by atomic mass is 10.0. The molecule has 0 radical (unpaired) electrons. The zero-order chi connectivity index (χ0) is 21.5. The van der Waals surface area contributed by atoms with Gasteiger partial charge in [-0.1, -0.05) is 32.0 Å². The second-order valence-electron chi connectivity index (χ2n) is 7.12. The molecule has 1 N–H and O–H groups in total. The van der Waals surface area contributed by atoms with E-state index >= 15 is 0 Å². The molecule has 156 valence electrons. The van der Waals surface area contributed by atoms with Crippen molar-refractivity contribution in [1.29, 1.82) is 0 Å². The van der Waals surface area contributed by atoms with Crippen molar-refractivity contribution in [2.45, 2.75) is 26.3 Å². The molecule has 0 atom stereocenters. The lowest BCUT2D eigenvalue weighted by molar-refractivity contribution is -0.123. The number of carbonyl (C=O) groups is 1. The Hall–Kier alpha value is -3.48. The van der Waals surface area contributed by atoms with Crippen LogP contribution in [-0.4, -0.2) is 28.8 Å². The van der Waals surface area contributed by atoms with Gasteiger partial charge >= 0.3 is 0 Å². The molecule has 0 bridgehead atoms. The van der Waals surface area contributed by atoms with Crippen LogP contribution < -0.4 is 15.6 Å². The molecular formula is C23H24FN3O3. The Morgan fingerprint density at radius 3 is 2.57 bits per heavy atom. The van der Waals surface area contributed by atoms with E-state index in [4.69, 9.17) is 4.74 Å². The molecule has 7 heteroatoms. The van der Waals surface area contributed by atoms with E-state index in [-0.39, 0.29) is 42.9 Å². The summed E-state index contributed by atoms with van der Waals surface area (Å²) in [6.45, 7) is 4.46. The van der Waals surface area contributed by atoms with E-state index in [2.05, 4.69) is 24.3 Å². The number of halogens is 1. The zero-order valence-electron chi connectivity index (χ0n) is 17.0. The van der Waals surface area contributed by atoms with Gasteiger partial charge in [0, 0.05) is 18.2 Å². The fourth-order valence-corrected chi connectivity index (χ4v) is 2.97. The summed E-state index contributed by atoms with van der Waals surface area (Å²) in [5.74, 6) is 0.354. The van der Waals surface area contributed by atoms with Crippen LogP contribution in [-0.2, 0) is 11.3 Å². The van der Waals surface area contributed by atoms with Crippen LogP contribution in [0, 0.1) is 5.82 Å². The quantitative estimate of drug-likeness (QED) is 0.619. The predicted octanol–water partition coefficient (Wildman–Crippen LogP) is 3.37. The molecule has 0 spiro atoms. The number of hydrogen-bond acceptors (Lipinski definition) is 4. The lowest BCUT2D eigenvalue weighted by Crippen LogP contribution is -2.34. The minimum atomic E-state index is -0.340. The summed E-state index contributed by atoms with van der Waals surface area (Å²) in [6.07, 6.45) is 0. The van der Waals surface area contributed by atoms with Crippen molar-refractivity contribution >= 4 is 5.91 Å². The normalized spacial score (nSPS) is 10.8. The number of hydrogen-bond donors (Lipinski definition) is 1. The molecule has 0 unspecified atom stereocenters. The van der Waals surface area contributed by atoms with Crippen LogP contribution in [0.25, 0.3) is 11.3 Å². The fourth-order valence-electron chi connectivity index (χ4n) is 2.97. The van der Waals surface area contributed by atoms with Crippen LogP contribution in [0.5, 0.6) is 5.75 Å². The van der Waals surface area contributed by atoms with Crippen molar-refractivity contribution in [2.24, 2.45) is 0 Å². The van der Waals surface area contributed by atoms with Crippen LogP contribution in [0.3, 0.4) is 0 Å². The third-order valence-corrected chi connectivity index (χ3v) is 4.55. The van der Waals surface area contributed by atoms with Crippen LogP contribution >= 0.6 is 0 Å². The third-order valence-electron chi connectivity index (χ3n) is 4.55. The van der Waals surface area contributed by atoms with E-state index in [1.807, 2.05) is 24.3 Å². The summed E-state index contributed by atoms with van der Waals surface area (Å²) >= 11 is 0. The molecular weight excluding hydrogens is 385 g/mol. The van der Waals surface area contributed by atoms with Crippen molar-refractivity contribution in [1.82, 2.24) is 15.1 Å². The van der Waals surface area contributed by atoms with E-state index in [9.17, 15) is 14.0 Å². The van der Waals surface area contributed by atoms with Crippen molar-refractivity contribution < 1.29 is 13.9 Å². The molecule has 0 fully saturated rings. The summed E-state index contributed by atoms with van der Waals surface area (Å²) < 4.78 is 20.0. The second-order valence-corrected chi connectivity index (χ2v) is 7.12. The van der Waals surface area contributed by atoms with Crippen LogP contribution in [0.4, 0.5) is 4.39 Å². The molecule has 1 amide bonds. The Labute approximate surface area is 174 Å². The number of para-hydroxylation sites is 1. The van der Waals surface area contributed by atoms with Gasteiger partial charge in [0.15, 0.2) is 6.61 Å². The first kappa shape index (κ1) is 21.2. The Balaban J connectivity index is 1.55. The second kappa shape index (κ2) is 9.82. The van der Waals surface area contributed by atoms with Gasteiger partial charge in [-0.2, -0.15) is 5.10 Å². The molecule has 0 saturated carbocycles. The van der Waals surface area contributed by atoms with Crippen molar-refractivity contribution in [3.63, 3.8) is 0 Å². The molecule has 3 rings (SSSR count). The number of aromatic nitrogens is 2. The van der Waals surface area contributed by atoms with E-state index in [0.29, 0.717) is 17.0 Å². The molecule has 2 aromatic carbocycles. The number of nitrogens with one attached hydrogen (secondary N) is 1. The SMILES string of the molecule is CC(C)c1ccccc1OCC(=O)NCCn1nc(-c2ccc(F)cc2)ccc1=O. The largest absolute Gasteiger partial charge is 0.483 e. The monoisotopic (exact) mass is 409 g/mol. The minimum Gasteiger partial charge on any atom is -0.483 e. The highest BCUT2D eigenvalue weighted by Crippen LogP contribution is 2.25. The van der Waals surface area contributed by atoms with Gasteiger partial charge in [-0.15, -0.1) is 0 Å². The van der Waals surface area contributed by atoms with Crippen molar-refractivity contribution in [3.8, 4) is 17.0 Å². The summed E-state index contributed by atoms with van der Waals surface area (Å²) in [5.41, 5.74) is 2.01. The minimum absolute atomic E-state index is 0.109. The van der Waals surface area contributed by atoms with Gasteiger partial charge in [0.1, 0.15) is 11.6 Å². The lowest BCUT2D eigenvalue weighted by Gasteiger charge is -2.14. The third kappa shape index (κ3) is 5.53. The molecule has 6 nitrogen and oxygen atoms in total. The highest BCUT2D eigenvalue weighted by Gasteiger charge is 2.09. The van der Waals surface area contributed by atoms with E-state index in [1.54, 1.807) is 18.2 Å². The summed E-state index contributed by atoms with van der Waals surface area (Å²) in [4.78, 5) is 24.2. The average molecular weight is 409 g/mol. The van der Waals surface area contributed by atoms with Gasteiger partial charge in [-0.3, -0.25) is 9.59 Å². The van der Waals surface area contributed by atoms with Crippen LogP contribution in [0.15, 0.2) is 65.5 Å². The van der Waals surface area contributed by atoms with Gasteiger partial charge < -0.3 is 10.1 Å². The topological polar surface area (TPSA) is 73.2 Å². The Bertz CT molecular complexity index is 1060. The van der Waals surface area contributed by atoms with Crippen molar-refractivity contribution in [2.75, 3.05) is 13.2 Å². The number of rotatable bonds is 8. The highest BCUT2D eigenvalue weighted by atomic mass is 19.1. The van der Waals surface area contributed by atoms with E-state index in [1.165, 1.54) is 22.9 Å². The van der Waals surface area contributed by atoms with Crippen molar-refractivity contribution in [3.05, 3.63) is 82.4 Å². The molecule has 30 heavy (non-hydrogen) atoms. The first-order chi connectivity index (χ1) is 14.4. The number of benzene rings is 2. The zero-order valence-corrected chi connectivity index (χ0v) is 17.0. The first-order valence-corrected chi connectivity index (χ1v) is 9.76.